The molecule has 1 aliphatic rings. The van der Waals surface area contributed by atoms with Crippen molar-refractivity contribution in [3.8, 4) is 5.75 Å². The Bertz CT molecular complexity index is 479. The second kappa shape index (κ2) is 6.94. The number of carbonyl (C=O) groups is 1. The molecule has 0 spiro atoms. The van der Waals surface area contributed by atoms with Gasteiger partial charge in [-0.1, -0.05) is 25.1 Å². The van der Waals surface area contributed by atoms with Gasteiger partial charge in [-0.05, 0) is 31.4 Å². The number of ether oxygens (including phenoxy) is 1. The average molecular weight is 290 g/mol. The first-order valence-corrected chi connectivity index (χ1v) is 7.68. The molecule has 4 heteroatoms. The van der Waals surface area contributed by atoms with Crippen LogP contribution in [-0.2, 0) is 4.79 Å². The van der Waals surface area contributed by atoms with Crippen LogP contribution in [0.5, 0.6) is 5.75 Å². The summed E-state index contributed by atoms with van der Waals surface area (Å²) in [6.07, 6.45) is 0.528. The van der Waals surface area contributed by atoms with Gasteiger partial charge >= 0.3 is 0 Å². The molecule has 1 N–H and O–H groups in total. The van der Waals surface area contributed by atoms with Crippen molar-refractivity contribution in [1.29, 1.82) is 0 Å². The lowest BCUT2D eigenvalue weighted by Gasteiger charge is -2.36. The molecule has 116 valence electrons. The minimum atomic E-state index is 0.161. The van der Waals surface area contributed by atoms with Crippen molar-refractivity contribution in [3.05, 3.63) is 29.8 Å². The van der Waals surface area contributed by atoms with Crippen LogP contribution in [0.3, 0.4) is 0 Å². The van der Waals surface area contributed by atoms with Gasteiger partial charge in [0, 0.05) is 31.6 Å². The number of para-hydroxylation sites is 1. The van der Waals surface area contributed by atoms with E-state index in [9.17, 15) is 4.79 Å². The first-order valence-electron chi connectivity index (χ1n) is 7.68. The van der Waals surface area contributed by atoms with Crippen LogP contribution >= 0.6 is 0 Å². The fourth-order valence-electron chi connectivity index (χ4n) is 3.10. The number of benzene rings is 1. The van der Waals surface area contributed by atoms with Gasteiger partial charge in [0.25, 0.3) is 0 Å². The van der Waals surface area contributed by atoms with E-state index in [0.717, 1.165) is 24.4 Å². The van der Waals surface area contributed by atoms with Crippen LogP contribution in [0.1, 0.15) is 38.7 Å². The van der Waals surface area contributed by atoms with E-state index in [0.29, 0.717) is 18.5 Å². The number of piperazine rings is 1. The molecular weight excluding hydrogens is 264 g/mol. The van der Waals surface area contributed by atoms with E-state index in [-0.39, 0.29) is 11.8 Å². The summed E-state index contributed by atoms with van der Waals surface area (Å²) in [7, 11) is 1.67. The number of nitrogens with zero attached hydrogens (tertiary/aromatic N) is 1. The normalized spacial score (nSPS) is 23.7. The van der Waals surface area contributed by atoms with E-state index in [1.807, 2.05) is 29.2 Å². The van der Waals surface area contributed by atoms with Crippen LogP contribution < -0.4 is 10.1 Å². The molecule has 1 fully saturated rings. The van der Waals surface area contributed by atoms with Crippen molar-refractivity contribution < 1.29 is 9.53 Å². The minimum Gasteiger partial charge on any atom is -0.496 e. The summed E-state index contributed by atoms with van der Waals surface area (Å²) in [4.78, 5) is 14.5. The predicted octanol–water partition coefficient (Wildman–Crippen LogP) is 2.40. The molecule has 1 aromatic rings. The van der Waals surface area contributed by atoms with E-state index in [1.165, 1.54) is 0 Å². The molecule has 0 radical (unpaired) electrons. The lowest BCUT2D eigenvalue weighted by Crippen LogP contribution is -2.55. The molecule has 21 heavy (non-hydrogen) atoms. The van der Waals surface area contributed by atoms with Gasteiger partial charge in [-0.2, -0.15) is 0 Å². The van der Waals surface area contributed by atoms with Crippen molar-refractivity contribution in [2.75, 3.05) is 20.2 Å². The lowest BCUT2D eigenvalue weighted by atomic mass is 9.95. The third-order valence-corrected chi connectivity index (χ3v) is 4.06. The Morgan fingerprint density at radius 1 is 1.33 bits per heavy atom. The highest BCUT2D eigenvalue weighted by Crippen LogP contribution is 2.29. The molecule has 4 nitrogen and oxygen atoms in total. The fraction of sp³-hybridized carbons (Fsp3) is 0.588. The number of hydrogen-bond donors (Lipinski definition) is 1. The Labute approximate surface area is 127 Å². The van der Waals surface area contributed by atoms with Crippen molar-refractivity contribution >= 4 is 5.91 Å². The highest BCUT2D eigenvalue weighted by Gasteiger charge is 2.26. The third-order valence-electron chi connectivity index (χ3n) is 4.06. The molecule has 0 bridgehead atoms. The number of methoxy groups -OCH3 is 1. The summed E-state index contributed by atoms with van der Waals surface area (Å²) in [6.45, 7) is 7.92. The van der Waals surface area contributed by atoms with Crippen LogP contribution in [-0.4, -0.2) is 43.1 Å². The zero-order valence-corrected chi connectivity index (χ0v) is 13.4. The average Bonchev–Trinajstić information content (AvgIpc) is 2.46. The van der Waals surface area contributed by atoms with E-state index >= 15 is 0 Å². The van der Waals surface area contributed by atoms with E-state index < -0.39 is 0 Å². The summed E-state index contributed by atoms with van der Waals surface area (Å²) in [5, 5.41) is 3.45. The number of nitrogens with one attached hydrogen (secondary N) is 1. The Morgan fingerprint density at radius 3 is 2.57 bits per heavy atom. The molecule has 2 rings (SSSR count). The van der Waals surface area contributed by atoms with Gasteiger partial charge in [-0.25, -0.2) is 0 Å². The second-order valence-electron chi connectivity index (χ2n) is 6.11. The quantitative estimate of drug-likeness (QED) is 0.926. The van der Waals surface area contributed by atoms with Crippen molar-refractivity contribution in [3.63, 3.8) is 0 Å². The van der Waals surface area contributed by atoms with Gasteiger partial charge in [-0.3, -0.25) is 4.79 Å². The Kier molecular flexibility index (Phi) is 5.23. The molecule has 1 amide bonds. The van der Waals surface area contributed by atoms with Gasteiger partial charge < -0.3 is 15.0 Å². The van der Waals surface area contributed by atoms with Gasteiger partial charge in [0.15, 0.2) is 0 Å². The molecule has 0 aliphatic carbocycles. The smallest absolute Gasteiger partial charge is 0.223 e. The van der Waals surface area contributed by atoms with Gasteiger partial charge in [0.2, 0.25) is 5.91 Å². The molecule has 0 saturated carbocycles. The summed E-state index contributed by atoms with van der Waals surface area (Å²) in [6, 6.07) is 8.66. The van der Waals surface area contributed by atoms with Crippen molar-refractivity contribution in [1.82, 2.24) is 10.2 Å². The number of hydrogen-bond acceptors (Lipinski definition) is 3. The van der Waals surface area contributed by atoms with Crippen LogP contribution in [0.2, 0.25) is 0 Å². The highest BCUT2D eigenvalue weighted by molar-refractivity contribution is 5.77. The van der Waals surface area contributed by atoms with Gasteiger partial charge in [0.05, 0.1) is 7.11 Å². The molecule has 0 unspecified atom stereocenters. The number of rotatable bonds is 4. The van der Waals surface area contributed by atoms with Gasteiger partial charge in [-0.15, -0.1) is 0 Å². The lowest BCUT2D eigenvalue weighted by molar-refractivity contribution is -0.133. The fourth-order valence-corrected chi connectivity index (χ4v) is 3.10. The van der Waals surface area contributed by atoms with Crippen LogP contribution in [0.15, 0.2) is 24.3 Å². The monoisotopic (exact) mass is 290 g/mol. The third kappa shape index (κ3) is 3.97. The molecule has 3 atom stereocenters. The maximum absolute atomic E-state index is 12.5. The zero-order valence-electron chi connectivity index (χ0n) is 13.4. The van der Waals surface area contributed by atoms with E-state index in [2.05, 4.69) is 26.1 Å². The standard InChI is InChI=1S/C17H26N2O2/c1-12(15-7-5-6-8-16(15)21-4)9-17(20)19-10-13(2)18-14(3)11-19/h5-8,12-14,18H,9-11H2,1-4H3/t12-,13-,14+/m1/s1. The van der Waals surface area contributed by atoms with Crippen LogP contribution in [0.25, 0.3) is 0 Å². The van der Waals surface area contributed by atoms with Crippen LogP contribution in [0.4, 0.5) is 0 Å². The van der Waals surface area contributed by atoms with Gasteiger partial charge in [0.1, 0.15) is 5.75 Å². The molecule has 1 aliphatic heterocycles. The largest absolute Gasteiger partial charge is 0.496 e. The van der Waals surface area contributed by atoms with Crippen molar-refractivity contribution in [2.24, 2.45) is 0 Å². The summed E-state index contributed by atoms with van der Waals surface area (Å²) < 4.78 is 5.39. The second-order valence-corrected chi connectivity index (χ2v) is 6.11. The predicted molar refractivity (Wildman–Crippen MR) is 84.7 cm³/mol. The molecule has 0 aromatic heterocycles. The molecule has 1 saturated heterocycles. The maximum atomic E-state index is 12.5. The zero-order chi connectivity index (χ0) is 15.4. The van der Waals surface area contributed by atoms with E-state index in [4.69, 9.17) is 4.74 Å². The molecule has 1 heterocycles. The molecule has 1 aromatic carbocycles. The summed E-state index contributed by atoms with van der Waals surface area (Å²) in [5.74, 6) is 1.25. The summed E-state index contributed by atoms with van der Waals surface area (Å²) >= 11 is 0. The Morgan fingerprint density at radius 2 is 1.95 bits per heavy atom. The minimum absolute atomic E-state index is 0.161. The SMILES string of the molecule is COc1ccccc1[C@H](C)CC(=O)N1C[C@@H](C)N[C@@H](C)C1. The van der Waals surface area contributed by atoms with Crippen LogP contribution in [0, 0.1) is 0 Å². The first kappa shape index (κ1) is 15.8. The summed E-state index contributed by atoms with van der Waals surface area (Å²) in [5.41, 5.74) is 1.10. The van der Waals surface area contributed by atoms with E-state index in [1.54, 1.807) is 7.11 Å². The topological polar surface area (TPSA) is 41.6 Å². The maximum Gasteiger partial charge on any atom is 0.223 e. The number of carbonyl (C=O) groups excluding carboxylic acids is 1. The Hall–Kier alpha value is -1.55. The Balaban J connectivity index is 2.01. The van der Waals surface area contributed by atoms with Crippen molar-refractivity contribution in [2.45, 2.75) is 45.2 Å². The first-order chi connectivity index (χ1) is 10.0. The molecular formula is C17H26N2O2. The number of amides is 1. The highest BCUT2D eigenvalue weighted by atomic mass is 16.5.